The Kier molecular flexibility index (Phi) is 5.36. The number of aromatic nitrogens is 1. The number of nitrogens with one attached hydrogen (secondary N) is 2. The van der Waals surface area contributed by atoms with Crippen molar-refractivity contribution in [2.75, 3.05) is 31.3 Å². The van der Waals surface area contributed by atoms with Crippen LogP contribution in [-0.4, -0.2) is 47.7 Å². The van der Waals surface area contributed by atoms with E-state index in [4.69, 9.17) is 4.74 Å². The summed E-state index contributed by atoms with van der Waals surface area (Å²) in [6, 6.07) is 11.7. The van der Waals surface area contributed by atoms with Gasteiger partial charge in [0.1, 0.15) is 5.75 Å². The van der Waals surface area contributed by atoms with Crippen molar-refractivity contribution in [2.24, 2.45) is 0 Å². The van der Waals surface area contributed by atoms with Gasteiger partial charge in [0.15, 0.2) is 0 Å². The number of rotatable bonds is 3. The Labute approximate surface area is 185 Å². The normalized spacial score (nSPS) is 17.2. The minimum Gasteiger partial charge on any atom is -0.497 e. The SMILES string of the molecule is COc1ccc2[nH]cc(C3CCN(C(=O)c4ccc5c(c4)NC(=O)CCS5)CC3)c2c1. The summed E-state index contributed by atoms with van der Waals surface area (Å²) in [7, 11) is 1.68. The summed E-state index contributed by atoms with van der Waals surface area (Å²) in [4.78, 5) is 31.3. The van der Waals surface area contributed by atoms with Gasteiger partial charge in [-0.2, -0.15) is 0 Å². The Morgan fingerprint density at radius 3 is 2.81 bits per heavy atom. The van der Waals surface area contributed by atoms with E-state index >= 15 is 0 Å². The lowest BCUT2D eigenvalue weighted by Crippen LogP contribution is -2.37. The van der Waals surface area contributed by atoms with Gasteiger partial charge in [0.25, 0.3) is 5.91 Å². The third kappa shape index (κ3) is 3.90. The summed E-state index contributed by atoms with van der Waals surface area (Å²) in [6.45, 7) is 1.44. The highest BCUT2D eigenvalue weighted by molar-refractivity contribution is 7.99. The minimum absolute atomic E-state index is 0.00650. The predicted octanol–water partition coefficient (Wildman–Crippen LogP) is 4.63. The number of methoxy groups -OCH3 is 1. The zero-order chi connectivity index (χ0) is 21.4. The minimum atomic E-state index is 0.00650. The van der Waals surface area contributed by atoms with E-state index in [9.17, 15) is 9.59 Å². The zero-order valence-corrected chi connectivity index (χ0v) is 18.3. The Morgan fingerprint density at radius 2 is 2.00 bits per heavy atom. The molecular formula is C24H25N3O3S. The number of nitrogens with zero attached hydrogens (tertiary/aromatic N) is 1. The van der Waals surface area contributed by atoms with Crippen LogP contribution in [0.1, 0.15) is 41.1 Å². The maximum atomic E-state index is 13.1. The molecule has 0 atom stereocenters. The van der Waals surface area contributed by atoms with E-state index in [0.29, 0.717) is 17.9 Å². The maximum Gasteiger partial charge on any atom is 0.253 e. The molecular weight excluding hydrogens is 410 g/mol. The number of carbonyl (C=O) groups is 2. The highest BCUT2D eigenvalue weighted by Crippen LogP contribution is 2.36. The third-order valence-electron chi connectivity index (χ3n) is 6.23. The smallest absolute Gasteiger partial charge is 0.253 e. The van der Waals surface area contributed by atoms with E-state index in [1.807, 2.05) is 35.2 Å². The van der Waals surface area contributed by atoms with Crippen LogP contribution in [0.5, 0.6) is 5.75 Å². The van der Waals surface area contributed by atoms with Crippen LogP contribution < -0.4 is 10.1 Å². The monoisotopic (exact) mass is 435 g/mol. The molecule has 7 heteroatoms. The lowest BCUT2D eigenvalue weighted by Gasteiger charge is -2.32. The molecule has 31 heavy (non-hydrogen) atoms. The van der Waals surface area contributed by atoms with E-state index in [1.54, 1.807) is 18.9 Å². The number of piperidine rings is 1. The summed E-state index contributed by atoms with van der Waals surface area (Å²) in [5.41, 5.74) is 3.79. The summed E-state index contributed by atoms with van der Waals surface area (Å²) >= 11 is 1.65. The van der Waals surface area contributed by atoms with Gasteiger partial charge in [-0.25, -0.2) is 0 Å². The van der Waals surface area contributed by atoms with Crippen LogP contribution in [-0.2, 0) is 4.79 Å². The molecule has 0 aliphatic carbocycles. The molecule has 2 N–H and O–H groups in total. The van der Waals surface area contributed by atoms with Crippen molar-refractivity contribution in [3.8, 4) is 5.75 Å². The summed E-state index contributed by atoms with van der Waals surface area (Å²) in [6.07, 6.45) is 4.44. The van der Waals surface area contributed by atoms with Gasteiger partial charge < -0.3 is 19.9 Å². The number of anilines is 1. The van der Waals surface area contributed by atoms with Gasteiger partial charge in [0.05, 0.1) is 12.8 Å². The van der Waals surface area contributed by atoms with Crippen molar-refractivity contribution in [3.63, 3.8) is 0 Å². The number of fused-ring (bicyclic) bond motifs is 2. The number of thioether (sulfide) groups is 1. The number of likely N-dealkylation sites (tertiary alicyclic amines) is 1. The van der Waals surface area contributed by atoms with E-state index < -0.39 is 0 Å². The Morgan fingerprint density at radius 1 is 1.16 bits per heavy atom. The van der Waals surface area contributed by atoms with Gasteiger partial charge >= 0.3 is 0 Å². The summed E-state index contributed by atoms with van der Waals surface area (Å²) in [5.74, 6) is 2.07. The van der Waals surface area contributed by atoms with Crippen LogP contribution in [0.4, 0.5) is 5.69 Å². The molecule has 6 nitrogen and oxygen atoms in total. The topological polar surface area (TPSA) is 74.4 Å². The third-order valence-corrected chi connectivity index (χ3v) is 7.31. The summed E-state index contributed by atoms with van der Waals surface area (Å²) in [5, 5.41) is 4.13. The van der Waals surface area contributed by atoms with Crippen LogP contribution in [0.15, 0.2) is 47.5 Å². The number of benzene rings is 2. The van der Waals surface area contributed by atoms with Gasteiger partial charge in [-0.05, 0) is 60.7 Å². The molecule has 5 rings (SSSR count). The largest absolute Gasteiger partial charge is 0.497 e. The van der Waals surface area contributed by atoms with Crippen LogP contribution >= 0.6 is 11.8 Å². The van der Waals surface area contributed by atoms with E-state index in [1.165, 1.54) is 10.9 Å². The lowest BCUT2D eigenvalue weighted by atomic mass is 9.89. The molecule has 0 radical (unpaired) electrons. The molecule has 0 bridgehead atoms. The van der Waals surface area contributed by atoms with Crippen molar-refractivity contribution >= 4 is 40.2 Å². The molecule has 1 fully saturated rings. The standard InChI is InChI=1S/C24H25N3O3S/c1-30-17-3-4-20-18(13-17)19(14-25-20)15-6-9-27(10-7-15)24(29)16-2-5-22-21(12-16)26-23(28)8-11-31-22/h2-5,12-15,25H,6-11H2,1H3,(H,26,28). The fourth-order valence-electron chi connectivity index (χ4n) is 4.52. The lowest BCUT2D eigenvalue weighted by molar-refractivity contribution is -0.115. The molecule has 160 valence electrons. The molecule has 2 aliphatic rings. The van der Waals surface area contributed by atoms with Crippen LogP contribution in [0.25, 0.3) is 10.9 Å². The zero-order valence-electron chi connectivity index (χ0n) is 17.4. The second-order valence-electron chi connectivity index (χ2n) is 8.08. The highest BCUT2D eigenvalue weighted by atomic mass is 32.2. The summed E-state index contributed by atoms with van der Waals surface area (Å²) < 4.78 is 5.39. The number of aromatic amines is 1. The first-order valence-electron chi connectivity index (χ1n) is 10.6. The quantitative estimate of drug-likeness (QED) is 0.629. The molecule has 1 aromatic heterocycles. The Bertz CT molecular complexity index is 1150. The number of H-pyrrole nitrogens is 1. The van der Waals surface area contributed by atoms with Crippen molar-refractivity contribution in [2.45, 2.75) is 30.1 Å². The second-order valence-corrected chi connectivity index (χ2v) is 9.22. The fraction of sp³-hybridized carbons (Fsp3) is 0.333. The van der Waals surface area contributed by atoms with E-state index in [0.717, 1.165) is 53.5 Å². The molecule has 0 saturated carbocycles. The molecule has 0 spiro atoms. The number of carbonyl (C=O) groups excluding carboxylic acids is 2. The molecule has 2 aromatic carbocycles. The molecule has 2 aliphatic heterocycles. The molecule has 1 saturated heterocycles. The predicted molar refractivity (Wildman–Crippen MR) is 123 cm³/mol. The maximum absolute atomic E-state index is 13.1. The Hall–Kier alpha value is -2.93. The van der Waals surface area contributed by atoms with Crippen LogP contribution in [0.3, 0.4) is 0 Å². The van der Waals surface area contributed by atoms with Crippen molar-refractivity contribution in [1.82, 2.24) is 9.88 Å². The molecule has 3 aromatic rings. The van der Waals surface area contributed by atoms with Crippen LogP contribution in [0.2, 0.25) is 0 Å². The molecule has 3 heterocycles. The van der Waals surface area contributed by atoms with E-state index in [2.05, 4.69) is 22.6 Å². The molecule has 2 amide bonds. The number of amides is 2. The Balaban J connectivity index is 1.30. The van der Waals surface area contributed by atoms with Crippen molar-refractivity contribution < 1.29 is 14.3 Å². The van der Waals surface area contributed by atoms with E-state index in [-0.39, 0.29) is 11.8 Å². The average molecular weight is 436 g/mol. The van der Waals surface area contributed by atoms with Crippen molar-refractivity contribution in [3.05, 3.63) is 53.7 Å². The first-order valence-corrected chi connectivity index (χ1v) is 11.6. The molecule has 0 unspecified atom stereocenters. The first kappa shape index (κ1) is 20.0. The number of hydrogen-bond donors (Lipinski definition) is 2. The van der Waals surface area contributed by atoms with Gasteiger partial charge in [-0.3, -0.25) is 9.59 Å². The highest BCUT2D eigenvalue weighted by Gasteiger charge is 2.27. The number of ether oxygens (including phenoxy) is 1. The van der Waals surface area contributed by atoms with Gasteiger partial charge in [-0.15, -0.1) is 11.8 Å². The second kappa shape index (κ2) is 8.30. The average Bonchev–Trinajstić information content (AvgIpc) is 3.13. The fourth-order valence-corrected chi connectivity index (χ4v) is 5.45. The van der Waals surface area contributed by atoms with Gasteiger partial charge in [-0.1, -0.05) is 0 Å². The number of hydrogen-bond acceptors (Lipinski definition) is 4. The van der Waals surface area contributed by atoms with Crippen molar-refractivity contribution in [1.29, 1.82) is 0 Å². The van der Waals surface area contributed by atoms with Gasteiger partial charge in [0.2, 0.25) is 5.91 Å². The first-order chi connectivity index (χ1) is 15.1. The van der Waals surface area contributed by atoms with Gasteiger partial charge in [0, 0.05) is 52.8 Å². The van der Waals surface area contributed by atoms with Crippen LogP contribution in [0, 0.1) is 0 Å².